The average molecular weight is 348 g/mol. The van der Waals surface area contributed by atoms with Gasteiger partial charge in [-0.1, -0.05) is 6.92 Å². The van der Waals surface area contributed by atoms with Gasteiger partial charge in [0.1, 0.15) is 0 Å². The topological polar surface area (TPSA) is 72.6 Å². The zero-order chi connectivity index (χ0) is 16.9. The molecule has 0 aliphatic carbocycles. The van der Waals surface area contributed by atoms with Gasteiger partial charge in [0.05, 0.1) is 42.6 Å². The van der Waals surface area contributed by atoms with Crippen LogP contribution in [0.25, 0.3) is 0 Å². The summed E-state index contributed by atoms with van der Waals surface area (Å²) in [6.45, 7) is 3.41. The molecule has 0 N–H and O–H groups in total. The number of carbonyl (C=O) groups is 2. The van der Waals surface area contributed by atoms with Crippen molar-refractivity contribution in [3.05, 3.63) is 40.2 Å². The van der Waals surface area contributed by atoms with Gasteiger partial charge in [-0.05, 0) is 18.6 Å². The van der Waals surface area contributed by atoms with Gasteiger partial charge >= 0.3 is 0 Å². The predicted octanol–water partition coefficient (Wildman–Crippen LogP) is 2.34. The van der Waals surface area contributed by atoms with Crippen molar-refractivity contribution in [1.29, 1.82) is 0 Å². The summed E-state index contributed by atoms with van der Waals surface area (Å²) in [5.74, 6) is 0.193. The summed E-state index contributed by atoms with van der Waals surface area (Å²) in [5, 5.41) is 2.96. The molecule has 7 heteroatoms. The van der Waals surface area contributed by atoms with Gasteiger partial charge in [0, 0.05) is 18.3 Å². The third-order valence-corrected chi connectivity index (χ3v) is 5.04. The van der Waals surface area contributed by atoms with Crippen molar-refractivity contribution < 1.29 is 18.7 Å². The van der Waals surface area contributed by atoms with Gasteiger partial charge in [-0.3, -0.25) is 9.59 Å². The number of Topliss-reactive ketones (excluding diaryl/α,β-unsaturated/α-hetero) is 1. The lowest BCUT2D eigenvalue weighted by molar-refractivity contribution is -0.139. The van der Waals surface area contributed by atoms with Crippen molar-refractivity contribution in [2.45, 2.75) is 32.2 Å². The molecule has 3 rings (SSSR count). The molecule has 3 heterocycles. The van der Waals surface area contributed by atoms with E-state index < -0.39 is 0 Å². The summed E-state index contributed by atoms with van der Waals surface area (Å²) in [4.78, 5) is 31.1. The van der Waals surface area contributed by atoms with Crippen molar-refractivity contribution in [2.75, 3.05) is 19.8 Å². The second-order valence-corrected chi connectivity index (χ2v) is 6.63. The van der Waals surface area contributed by atoms with Crippen LogP contribution in [0, 0.1) is 0 Å². The highest BCUT2D eigenvalue weighted by Gasteiger charge is 2.30. The number of hydrogen-bond acceptors (Lipinski definition) is 6. The Hall–Kier alpha value is -1.99. The molecule has 0 saturated carbocycles. The lowest BCUT2D eigenvalue weighted by Crippen LogP contribution is -2.50. The van der Waals surface area contributed by atoms with Crippen LogP contribution < -0.4 is 0 Å². The number of aromatic nitrogens is 1. The fourth-order valence-corrected chi connectivity index (χ4v) is 3.50. The lowest BCUT2D eigenvalue weighted by Gasteiger charge is -2.35. The molecule has 1 amide bonds. The van der Waals surface area contributed by atoms with Crippen LogP contribution in [-0.4, -0.2) is 47.4 Å². The summed E-state index contributed by atoms with van der Waals surface area (Å²) < 4.78 is 10.6. The summed E-state index contributed by atoms with van der Waals surface area (Å²) in [6.07, 6.45) is 2.82. The number of ether oxygens (including phenoxy) is 1. The van der Waals surface area contributed by atoms with E-state index in [-0.39, 0.29) is 30.6 Å². The van der Waals surface area contributed by atoms with Crippen LogP contribution >= 0.6 is 11.3 Å². The van der Waals surface area contributed by atoms with Gasteiger partial charge < -0.3 is 14.1 Å². The molecule has 128 valence electrons. The fraction of sp³-hybridized carbons (Fsp3) is 0.471. The number of thiazole rings is 1. The van der Waals surface area contributed by atoms with Crippen LogP contribution in [0.15, 0.2) is 28.2 Å². The van der Waals surface area contributed by atoms with Crippen molar-refractivity contribution in [2.24, 2.45) is 0 Å². The zero-order valence-corrected chi connectivity index (χ0v) is 14.4. The number of amides is 1. The Morgan fingerprint density at radius 3 is 3.04 bits per heavy atom. The smallest absolute Gasteiger partial charge is 0.229 e. The van der Waals surface area contributed by atoms with Crippen LogP contribution in [0.4, 0.5) is 0 Å². The minimum Gasteiger partial charge on any atom is -0.461 e. The molecule has 0 aromatic carbocycles. The van der Waals surface area contributed by atoms with Crippen molar-refractivity contribution in [1.82, 2.24) is 9.88 Å². The Morgan fingerprint density at radius 2 is 2.33 bits per heavy atom. The van der Waals surface area contributed by atoms with Gasteiger partial charge in [0.2, 0.25) is 5.91 Å². The number of ketones is 1. The summed E-state index contributed by atoms with van der Waals surface area (Å²) in [5.41, 5.74) is 0.796. The summed E-state index contributed by atoms with van der Waals surface area (Å²) in [7, 11) is 0. The molecule has 2 aromatic heterocycles. The van der Waals surface area contributed by atoms with E-state index in [1.54, 1.807) is 28.4 Å². The molecule has 24 heavy (non-hydrogen) atoms. The molecule has 0 radical (unpaired) electrons. The number of morpholine rings is 1. The van der Waals surface area contributed by atoms with Gasteiger partial charge in [0.15, 0.2) is 11.5 Å². The monoisotopic (exact) mass is 348 g/mol. The normalized spacial score (nSPS) is 17.9. The first-order valence-corrected chi connectivity index (χ1v) is 8.92. The van der Waals surface area contributed by atoms with Crippen molar-refractivity contribution in [3.63, 3.8) is 0 Å². The van der Waals surface area contributed by atoms with E-state index in [1.807, 2.05) is 12.3 Å². The fourth-order valence-electron chi connectivity index (χ4n) is 2.75. The minimum absolute atomic E-state index is 0.0107. The number of nitrogens with zero attached hydrogens (tertiary/aromatic N) is 2. The molecule has 6 nitrogen and oxygen atoms in total. The molecule has 1 aliphatic rings. The van der Waals surface area contributed by atoms with E-state index in [0.717, 1.165) is 17.1 Å². The van der Waals surface area contributed by atoms with E-state index in [4.69, 9.17) is 9.15 Å². The van der Waals surface area contributed by atoms with E-state index in [0.29, 0.717) is 25.5 Å². The zero-order valence-electron chi connectivity index (χ0n) is 13.6. The summed E-state index contributed by atoms with van der Waals surface area (Å²) in [6, 6.07) is 3.06. The van der Waals surface area contributed by atoms with Crippen LogP contribution in [0.3, 0.4) is 0 Å². The van der Waals surface area contributed by atoms with E-state index in [2.05, 4.69) is 4.98 Å². The van der Waals surface area contributed by atoms with Crippen molar-refractivity contribution >= 4 is 23.0 Å². The maximum atomic E-state index is 12.6. The molecular weight excluding hydrogens is 328 g/mol. The maximum Gasteiger partial charge on any atom is 0.229 e. The molecule has 1 atom stereocenters. The maximum absolute atomic E-state index is 12.6. The molecule has 0 bridgehead atoms. The number of hydrogen-bond donors (Lipinski definition) is 0. The second-order valence-electron chi connectivity index (χ2n) is 5.68. The molecule has 1 aliphatic heterocycles. The van der Waals surface area contributed by atoms with Gasteiger partial charge in [-0.25, -0.2) is 4.98 Å². The highest BCUT2D eigenvalue weighted by molar-refractivity contribution is 7.09. The number of aryl methyl sites for hydroxylation is 1. The van der Waals surface area contributed by atoms with E-state index in [9.17, 15) is 9.59 Å². The van der Waals surface area contributed by atoms with Crippen molar-refractivity contribution in [3.8, 4) is 0 Å². The Bertz CT molecular complexity index is 695. The quantitative estimate of drug-likeness (QED) is 0.749. The SMILES string of the molecule is CCc1nc(CC(=O)N2CCOC[C@H]2CC(=O)c2ccco2)cs1. The minimum atomic E-state index is -0.256. The largest absolute Gasteiger partial charge is 0.461 e. The van der Waals surface area contributed by atoms with Gasteiger partial charge in [0.25, 0.3) is 0 Å². The van der Waals surface area contributed by atoms with Crippen LogP contribution in [0.2, 0.25) is 0 Å². The highest BCUT2D eigenvalue weighted by atomic mass is 32.1. The molecule has 0 unspecified atom stereocenters. The molecular formula is C17H20N2O4S. The lowest BCUT2D eigenvalue weighted by atomic mass is 10.1. The molecule has 1 saturated heterocycles. The second kappa shape index (κ2) is 7.72. The first-order chi connectivity index (χ1) is 11.7. The van der Waals surface area contributed by atoms with Crippen LogP contribution in [0.5, 0.6) is 0 Å². The first-order valence-electron chi connectivity index (χ1n) is 8.04. The summed E-state index contributed by atoms with van der Waals surface area (Å²) >= 11 is 1.57. The number of rotatable bonds is 6. The van der Waals surface area contributed by atoms with Gasteiger partial charge in [-0.2, -0.15) is 0 Å². The highest BCUT2D eigenvalue weighted by Crippen LogP contribution is 2.17. The van der Waals surface area contributed by atoms with Crippen LogP contribution in [-0.2, 0) is 22.4 Å². The van der Waals surface area contributed by atoms with E-state index in [1.165, 1.54) is 6.26 Å². The Morgan fingerprint density at radius 1 is 1.46 bits per heavy atom. The number of carbonyl (C=O) groups excluding carboxylic acids is 2. The average Bonchev–Trinajstić information content (AvgIpc) is 3.27. The van der Waals surface area contributed by atoms with Gasteiger partial charge in [-0.15, -0.1) is 11.3 Å². The Kier molecular flexibility index (Phi) is 5.42. The standard InChI is InChI=1S/C17H20N2O4S/c1-2-16-18-12(11-24-16)8-17(21)19-5-7-22-10-13(19)9-14(20)15-4-3-6-23-15/h3-4,6,11,13H,2,5,7-10H2,1H3/t13-/m1/s1. The molecule has 2 aromatic rings. The third-order valence-electron chi connectivity index (χ3n) is 4.00. The van der Waals surface area contributed by atoms with Crippen LogP contribution in [0.1, 0.15) is 34.6 Å². The molecule has 0 spiro atoms. The predicted molar refractivity (Wildman–Crippen MR) is 89.2 cm³/mol. The number of furan rings is 1. The third kappa shape index (κ3) is 3.91. The molecule has 1 fully saturated rings. The Labute approximate surface area is 144 Å². The van der Waals surface area contributed by atoms with E-state index >= 15 is 0 Å². The first kappa shape index (κ1) is 16.9. The Balaban J connectivity index is 1.64.